The minimum Gasteiger partial charge on any atom is -0.396 e. The second-order valence-corrected chi connectivity index (χ2v) is 7.00. The van der Waals surface area contributed by atoms with Gasteiger partial charge in [-0.25, -0.2) is 8.42 Å². The van der Waals surface area contributed by atoms with Crippen molar-refractivity contribution < 1.29 is 18.4 Å². The average molecular weight is 316 g/mol. The summed E-state index contributed by atoms with van der Waals surface area (Å²) in [7, 11) is -3.70. The van der Waals surface area contributed by atoms with Crippen molar-refractivity contribution in [2.24, 2.45) is 0 Å². The van der Waals surface area contributed by atoms with Crippen LogP contribution < -0.4 is 4.90 Å². The van der Waals surface area contributed by atoms with Gasteiger partial charge in [-0.3, -0.25) is 10.1 Å². The van der Waals surface area contributed by atoms with Gasteiger partial charge in [0.1, 0.15) is 10.6 Å². The number of aliphatic hydroxyl groups excluding tert-OH is 1. The highest BCUT2D eigenvalue weighted by Gasteiger charge is 2.29. The second kappa shape index (κ2) is 6.86. The summed E-state index contributed by atoms with van der Waals surface area (Å²) >= 11 is 0. The van der Waals surface area contributed by atoms with Crippen molar-refractivity contribution in [2.75, 3.05) is 24.3 Å². The number of aliphatic hydroxyl groups is 1. The molecule has 0 saturated carbocycles. The number of hydrogen-bond donors (Lipinski definition) is 1. The van der Waals surface area contributed by atoms with Crippen LogP contribution in [0.4, 0.5) is 11.4 Å². The Hall–Kier alpha value is -1.67. The monoisotopic (exact) mass is 316 g/mol. The molecule has 0 atom stereocenters. The van der Waals surface area contributed by atoms with Gasteiger partial charge in [0.05, 0.1) is 4.92 Å². The van der Waals surface area contributed by atoms with Crippen molar-refractivity contribution in [3.05, 3.63) is 28.3 Å². The number of rotatable bonds is 7. The zero-order valence-electron chi connectivity index (χ0n) is 12.3. The maximum atomic E-state index is 11.8. The van der Waals surface area contributed by atoms with Crippen LogP contribution in [0.3, 0.4) is 0 Å². The largest absolute Gasteiger partial charge is 0.396 e. The third kappa shape index (κ3) is 4.15. The molecule has 0 aliphatic heterocycles. The Bertz CT molecular complexity index is 613. The van der Waals surface area contributed by atoms with Crippen LogP contribution in [-0.4, -0.2) is 43.9 Å². The fraction of sp³-hybridized carbons (Fsp3) is 0.538. The van der Waals surface area contributed by atoms with E-state index in [-0.39, 0.29) is 23.2 Å². The van der Waals surface area contributed by atoms with Gasteiger partial charge in [-0.2, -0.15) is 0 Å². The van der Waals surface area contributed by atoms with Crippen LogP contribution in [0.25, 0.3) is 0 Å². The van der Waals surface area contributed by atoms with Crippen molar-refractivity contribution in [1.82, 2.24) is 0 Å². The zero-order valence-corrected chi connectivity index (χ0v) is 13.1. The molecule has 1 aromatic carbocycles. The number of para-hydroxylation sites is 1. The summed E-state index contributed by atoms with van der Waals surface area (Å²) in [6, 6.07) is 4.20. The lowest BCUT2D eigenvalue weighted by atomic mass is 10.2. The molecule has 0 aromatic heterocycles. The molecule has 1 aromatic rings. The molecule has 0 unspecified atom stereocenters. The summed E-state index contributed by atoms with van der Waals surface area (Å²) in [5, 5.41) is 20.3. The maximum Gasteiger partial charge on any atom is 0.311 e. The van der Waals surface area contributed by atoms with Crippen LogP contribution in [-0.2, 0) is 9.84 Å². The Balaban J connectivity index is 3.50. The number of nitrogens with zero attached hydrogens (tertiary/aromatic N) is 2. The SMILES string of the molecule is CC(C)N(CCCO)c1cccc(S(C)(=O)=O)c1[N+](=O)[O-]. The summed E-state index contributed by atoms with van der Waals surface area (Å²) in [6.45, 7) is 4.08. The molecule has 1 rings (SSSR count). The Morgan fingerprint density at radius 3 is 2.43 bits per heavy atom. The van der Waals surface area contributed by atoms with E-state index in [2.05, 4.69) is 0 Å². The minimum atomic E-state index is -3.70. The molecule has 0 bridgehead atoms. The first kappa shape index (κ1) is 17.4. The Morgan fingerprint density at radius 2 is 2.00 bits per heavy atom. The van der Waals surface area contributed by atoms with Gasteiger partial charge in [0, 0.05) is 25.4 Å². The van der Waals surface area contributed by atoms with Crippen LogP contribution in [0.5, 0.6) is 0 Å². The normalized spacial score (nSPS) is 11.7. The third-order valence-electron chi connectivity index (χ3n) is 3.05. The van der Waals surface area contributed by atoms with E-state index in [4.69, 9.17) is 5.11 Å². The van der Waals surface area contributed by atoms with E-state index in [1.165, 1.54) is 18.2 Å². The standard InChI is InChI=1S/C13H20N2O5S/c1-10(2)14(8-5-9-16)11-6-4-7-12(21(3,19)20)13(11)15(17)18/h4,6-7,10,16H,5,8-9H2,1-3H3. The number of anilines is 1. The first-order valence-corrected chi connectivity index (χ1v) is 8.44. The minimum absolute atomic E-state index is 0.0389. The third-order valence-corrected chi connectivity index (χ3v) is 4.18. The van der Waals surface area contributed by atoms with Gasteiger partial charge in [-0.15, -0.1) is 0 Å². The van der Waals surface area contributed by atoms with E-state index in [1.807, 2.05) is 13.8 Å². The summed E-state index contributed by atoms with van der Waals surface area (Å²) in [6.07, 6.45) is 1.39. The van der Waals surface area contributed by atoms with Crippen molar-refractivity contribution in [3.63, 3.8) is 0 Å². The molecule has 7 nitrogen and oxygen atoms in total. The van der Waals surface area contributed by atoms with Crippen LogP contribution in [0.15, 0.2) is 23.1 Å². The van der Waals surface area contributed by atoms with Crippen molar-refractivity contribution >= 4 is 21.2 Å². The fourth-order valence-corrected chi connectivity index (χ4v) is 2.98. The van der Waals surface area contributed by atoms with Gasteiger partial charge in [0.25, 0.3) is 0 Å². The van der Waals surface area contributed by atoms with Crippen LogP contribution >= 0.6 is 0 Å². The highest BCUT2D eigenvalue weighted by molar-refractivity contribution is 7.90. The van der Waals surface area contributed by atoms with E-state index in [9.17, 15) is 18.5 Å². The van der Waals surface area contributed by atoms with E-state index >= 15 is 0 Å². The van der Waals surface area contributed by atoms with Gasteiger partial charge in [0.15, 0.2) is 9.84 Å². The van der Waals surface area contributed by atoms with E-state index < -0.39 is 20.4 Å². The molecule has 0 aliphatic carbocycles. The molecule has 0 radical (unpaired) electrons. The zero-order chi connectivity index (χ0) is 16.2. The van der Waals surface area contributed by atoms with E-state index in [0.717, 1.165) is 6.26 Å². The molecule has 0 fully saturated rings. The highest BCUT2D eigenvalue weighted by Crippen LogP contribution is 2.35. The molecule has 1 N–H and O–H groups in total. The predicted octanol–water partition coefficient (Wildman–Crippen LogP) is 1.60. The number of benzene rings is 1. The molecule has 0 amide bonds. The van der Waals surface area contributed by atoms with Crippen LogP contribution in [0.1, 0.15) is 20.3 Å². The number of nitro groups is 1. The summed E-state index contributed by atoms with van der Waals surface area (Å²) in [5.41, 5.74) is -0.155. The van der Waals surface area contributed by atoms with Crippen molar-refractivity contribution in [1.29, 1.82) is 0 Å². The second-order valence-electron chi connectivity index (χ2n) is 5.02. The number of hydrogen-bond acceptors (Lipinski definition) is 6. The Kier molecular flexibility index (Phi) is 5.68. The summed E-state index contributed by atoms with van der Waals surface area (Å²) < 4.78 is 23.5. The predicted molar refractivity (Wildman–Crippen MR) is 80.4 cm³/mol. The quantitative estimate of drug-likeness (QED) is 0.605. The highest BCUT2D eigenvalue weighted by atomic mass is 32.2. The van der Waals surface area contributed by atoms with Crippen molar-refractivity contribution in [3.8, 4) is 0 Å². The first-order chi connectivity index (χ1) is 9.70. The lowest BCUT2D eigenvalue weighted by Crippen LogP contribution is -2.33. The van der Waals surface area contributed by atoms with Crippen LogP contribution in [0, 0.1) is 10.1 Å². The molecule has 0 aliphatic rings. The molecule has 0 spiro atoms. The summed E-state index contributed by atoms with van der Waals surface area (Å²) in [4.78, 5) is 12.1. The maximum absolute atomic E-state index is 11.8. The molecule has 0 heterocycles. The number of sulfone groups is 1. The molecular formula is C13H20N2O5S. The van der Waals surface area contributed by atoms with Gasteiger partial charge < -0.3 is 10.0 Å². The lowest BCUT2D eigenvalue weighted by molar-refractivity contribution is -0.387. The van der Waals surface area contributed by atoms with Gasteiger partial charge in [0.2, 0.25) is 0 Å². The molecule has 118 valence electrons. The molecule has 8 heteroatoms. The smallest absolute Gasteiger partial charge is 0.311 e. The average Bonchev–Trinajstić information content (AvgIpc) is 2.37. The van der Waals surface area contributed by atoms with Crippen LogP contribution in [0.2, 0.25) is 0 Å². The van der Waals surface area contributed by atoms with Crippen molar-refractivity contribution in [2.45, 2.75) is 31.2 Å². The number of nitro benzene ring substituents is 1. The topological polar surface area (TPSA) is 101 Å². The Morgan fingerprint density at radius 1 is 1.38 bits per heavy atom. The van der Waals surface area contributed by atoms with Gasteiger partial charge in [-0.1, -0.05) is 6.07 Å². The Labute approximate surface area is 124 Å². The summed E-state index contributed by atoms with van der Waals surface area (Å²) in [5.74, 6) is 0. The van der Waals surface area contributed by atoms with E-state index in [1.54, 1.807) is 4.90 Å². The van der Waals surface area contributed by atoms with E-state index in [0.29, 0.717) is 13.0 Å². The molecular weight excluding hydrogens is 296 g/mol. The van der Waals surface area contributed by atoms with Gasteiger partial charge >= 0.3 is 5.69 Å². The van der Waals surface area contributed by atoms with Gasteiger partial charge in [-0.05, 0) is 32.4 Å². The first-order valence-electron chi connectivity index (χ1n) is 6.55. The fourth-order valence-electron chi connectivity index (χ4n) is 2.12. The lowest BCUT2D eigenvalue weighted by Gasteiger charge is -2.28. The molecule has 0 saturated heterocycles. The molecule has 21 heavy (non-hydrogen) atoms.